The highest BCUT2D eigenvalue weighted by Gasteiger charge is 2.23. The Kier molecular flexibility index (Phi) is 5.08. The Morgan fingerprint density at radius 3 is 2.72 bits per heavy atom. The largest absolute Gasteiger partial charge is 0.330 e. The first kappa shape index (κ1) is 14.3. The van der Waals surface area contributed by atoms with Crippen molar-refractivity contribution in [2.24, 2.45) is 5.73 Å². The van der Waals surface area contributed by atoms with Gasteiger partial charge in [-0.25, -0.2) is 13.1 Å². The van der Waals surface area contributed by atoms with E-state index < -0.39 is 10.0 Å². The number of hydrogen-bond acceptors (Lipinski definition) is 5. The predicted octanol–water partition coefficient (Wildman–Crippen LogP) is 1.42. The van der Waals surface area contributed by atoms with Crippen molar-refractivity contribution < 1.29 is 8.42 Å². The molecule has 0 radical (unpaired) electrons. The molecule has 7 heteroatoms. The average Bonchev–Trinajstić information content (AvgIpc) is 2.80. The standard InChI is InChI=1S/C11H18N2O2S3/c12-6-3-10-1-2-11(17-10)18(14,15)13-9-4-7-16-8-5-9/h1-2,9,13H,3-8,12H2. The molecule has 0 aromatic carbocycles. The number of thiophene rings is 1. The third-order valence-electron chi connectivity index (χ3n) is 2.84. The molecule has 0 unspecified atom stereocenters. The van der Waals surface area contributed by atoms with Crippen molar-refractivity contribution in [2.75, 3.05) is 18.1 Å². The smallest absolute Gasteiger partial charge is 0.250 e. The first-order valence-corrected chi connectivity index (χ1v) is 9.46. The summed E-state index contributed by atoms with van der Waals surface area (Å²) in [6, 6.07) is 3.62. The fourth-order valence-corrected chi connectivity index (χ4v) is 5.67. The van der Waals surface area contributed by atoms with Crippen molar-refractivity contribution in [3.8, 4) is 0 Å². The summed E-state index contributed by atoms with van der Waals surface area (Å²) < 4.78 is 27.6. The highest BCUT2D eigenvalue weighted by molar-refractivity contribution is 7.99. The van der Waals surface area contributed by atoms with Gasteiger partial charge in [0.25, 0.3) is 0 Å². The van der Waals surface area contributed by atoms with Gasteiger partial charge in [0, 0.05) is 10.9 Å². The minimum atomic E-state index is -3.34. The van der Waals surface area contributed by atoms with Crippen molar-refractivity contribution in [3.05, 3.63) is 17.0 Å². The molecule has 1 fully saturated rings. The van der Waals surface area contributed by atoms with E-state index in [1.165, 1.54) is 11.3 Å². The van der Waals surface area contributed by atoms with Crippen molar-refractivity contribution in [1.29, 1.82) is 0 Å². The van der Waals surface area contributed by atoms with Crippen LogP contribution in [0.25, 0.3) is 0 Å². The van der Waals surface area contributed by atoms with E-state index >= 15 is 0 Å². The van der Waals surface area contributed by atoms with Crippen molar-refractivity contribution in [3.63, 3.8) is 0 Å². The lowest BCUT2D eigenvalue weighted by molar-refractivity contribution is 0.530. The SMILES string of the molecule is NCCc1ccc(S(=O)(=O)NC2CCSCC2)s1. The second-order valence-corrected chi connectivity index (χ2v) is 8.60. The molecule has 0 bridgehead atoms. The molecule has 0 aliphatic carbocycles. The number of nitrogens with two attached hydrogens (primary N) is 1. The maximum atomic E-state index is 12.2. The first-order chi connectivity index (χ1) is 8.62. The second kappa shape index (κ2) is 6.38. The fourth-order valence-electron chi connectivity index (χ4n) is 1.87. The Morgan fingerprint density at radius 2 is 2.06 bits per heavy atom. The van der Waals surface area contributed by atoms with E-state index in [1.807, 2.05) is 17.8 Å². The van der Waals surface area contributed by atoms with Crippen LogP contribution >= 0.6 is 23.1 Å². The third-order valence-corrected chi connectivity index (χ3v) is 7.04. The van der Waals surface area contributed by atoms with Crippen LogP contribution in [0.1, 0.15) is 17.7 Å². The van der Waals surface area contributed by atoms with Crippen LogP contribution in [0, 0.1) is 0 Å². The van der Waals surface area contributed by atoms with Crippen LogP contribution in [0.4, 0.5) is 0 Å². The molecule has 102 valence electrons. The molecule has 1 saturated heterocycles. The van der Waals surface area contributed by atoms with Crippen molar-refractivity contribution in [1.82, 2.24) is 4.72 Å². The van der Waals surface area contributed by atoms with Crippen LogP contribution in [-0.4, -0.2) is 32.5 Å². The van der Waals surface area contributed by atoms with Crippen molar-refractivity contribution in [2.45, 2.75) is 29.5 Å². The van der Waals surface area contributed by atoms with Crippen LogP contribution in [0.15, 0.2) is 16.3 Å². The number of thioether (sulfide) groups is 1. The molecular formula is C11H18N2O2S3. The fraction of sp³-hybridized carbons (Fsp3) is 0.636. The van der Waals surface area contributed by atoms with E-state index in [1.54, 1.807) is 6.07 Å². The summed E-state index contributed by atoms with van der Waals surface area (Å²) in [5.74, 6) is 2.08. The van der Waals surface area contributed by atoms with E-state index in [-0.39, 0.29) is 6.04 Å². The molecule has 3 N–H and O–H groups in total. The molecule has 1 aromatic heterocycles. The molecule has 2 heterocycles. The second-order valence-electron chi connectivity index (χ2n) is 4.27. The molecule has 1 aromatic rings. The molecule has 0 atom stereocenters. The minimum Gasteiger partial charge on any atom is -0.330 e. The minimum absolute atomic E-state index is 0.0938. The molecular weight excluding hydrogens is 288 g/mol. The zero-order valence-corrected chi connectivity index (χ0v) is 12.5. The quantitative estimate of drug-likeness (QED) is 0.863. The Balaban J connectivity index is 2.04. The molecule has 1 aliphatic heterocycles. The van der Waals surface area contributed by atoms with Gasteiger partial charge in [0.05, 0.1) is 0 Å². The Morgan fingerprint density at radius 1 is 1.33 bits per heavy atom. The van der Waals surface area contributed by atoms with Gasteiger partial charge in [-0.1, -0.05) is 0 Å². The summed E-state index contributed by atoms with van der Waals surface area (Å²) in [5.41, 5.74) is 5.47. The summed E-state index contributed by atoms with van der Waals surface area (Å²) in [6.45, 7) is 0.549. The summed E-state index contributed by atoms with van der Waals surface area (Å²) in [7, 11) is -3.34. The summed E-state index contributed by atoms with van der Waals surface area (Å²) in [4.78, 5) is 1.03. The lowest BCUT2D eigenvalue weighted by Crippen LogP contribution is -2.36. The van der Waals surface area contributed by atoms with Gasteiger partial charge >= 0.3 is 0 Å². The highest BCUT2D eigenvalue weighted by atomic mass is 32.2. The molecule has 0 amide bonds. The van der Waals surface area contributed by atoms with E-state index in [9.17, 15) is 8.42 Å². The summed E-state index contributed by atoms with van der Waals surface area (Å²) >= 11 is 3.20. The summed E-state index contributed by atoms with van der Waals surface area (Å²) in [5, 5.41) is 0. The highest BCUT2D eigenvalue weighted by Crippen LogP contribution is 2.24. The van der Waals surface area contributed by atoms with Crippen molar-refractivity contribution >= 4 is 33.1 Å². The zero-order chi connectivity index (χ0) is 13.0. The number of rotatable bonds is 5. The Bertz CT molecular complexity index is 478. The van der Waals surface area contributed by atoms with E-state index in [2.05, 4.69) is 4.72 Å². The van der Waals surface area contributed by atoms with Crippen LogP contribution < -0.4 is 10.5 Å². The van der Waals surface area contributed by atoms with E-state index in [0.29, 0.717) is 10.8 Å². The topological polar surface area (TPSA) is 72.2 Å². The predicted molar refractivity (Wildman–Crippen MR) is 77.7 cm³/mol. The van der Waals surface area contributed by atoms with Gasteiger partial charge in [-0.2, -0.15) is 11.8 Å². The van der Waals surface area contributed by atoms with Gasteiger partial charge in [-0.3, -0.25) is 0 Å². The lowest BCUT2D eigenvalue weighted by atomic mass is 10.2. The average molecular weight is 306 g/mol. The van der Waals surface area contributed by atoms with Gasteiger partial charge in [-0.15, -0.1) is 11.3 Å². The van der Waals surface area contributed by atoms with E-state index in [4.69, 9.17) is 5.73 Å². The number of sulfonamides is 1. The maximum Gasteiger partial charge on any atom is 0.250 e. The third kappa shape index (κ3) is 3.71. The van der Waals surface area contributed by atoms with Crippen LogP contribution in [0.3, 0.4) is 0 Å². The molecule has 0 spiro atoms. The van der Waals surface area contributed by atoms with E-state index in [0.717, 1.165) is 35.6 Å². The zero-order valence-electron chi connectivity index (χ0n) is 10.1. The van der Waals surface area contributed by atoms with Crippen LogP contribution in [-0.2, 0) is 16.4 Å². The first-order valence-electron chi connectivity index (χ1n) is 6.00. The molecule has 4 nitrogen and oxygen atoms in total. The Hall–Kier alpha value is -0.0800. The summed E-state index contributed by atoms with van der Waals surface area (Å²) in [6.07, 6.45) is 2.58. The van der Waals surface area contributed by atoms with Gasteiger partial charge in [0.15, 0.2) is 0 Å². The monoisotopic (exact) mass is 306 g/mol. The normalized spacial score (nSPS) is 18.1. The number of hydrogen-bond donors (Lipinski definition) is 2. The van der Waals surface area contributed by atoms with Gasteiger partial charge in [0.1, 0.15) is 4.21 Å². The van der Waals surface area contributed by atoms with Crippen LogP contribution in [0.2, 0.25) is 0 Å². The van der Waals surface area contributed by atoms with Gasteiger partial charge < -0.3 is 5.73 Å². The molecule has 0 saturated carbocycles. The maximum absolute atomic E-state index is 12.2. The molecule has 2 rings (SSSR count). The molecule has 1 aliphatic rings. The lowest BCUT2D eigenvalue weighted by Gasteiger charge is -2.21. The van der Waals surface area contributed by atoms with Crippen LogP contribution in [0.5, 0.6) is 0 Å². The van der Waals surface area contributed by atoms with Gasteiger partial charge in [-0.05, 0) is 49.4 Å². The Labute approximate surface area is 116 Å². The molecule has 18 heavy (non-hydrogen) atoms. The van der Waals surface area contributed by atoms with Gasteiger partial charge in [0.2, 0.25) is 10.0 Å². The number of nitrogens with one attached hydrogen (secondary N) is 1.